The van der Waals surface area contributed by atoms with Gasteiger partial charge in [0.25, 0.3) is 5.91 Å². The van der Waals surface area contributed by atoms with Gasteiger partial charge >= 0.3 is 6.18 Å². The first kappa shape index (κ1) is 19.8. The van der Waals surface area contributed by atoms with E-state index in [2.05, 4.69) is 5.32 Å². The highest BCUT2D eigenvalue weighted by molar-refractivity contribution is 5.94. The monoisotopic (exact) mass is 365 g/mol. The molecule has 0 saturated carbocycles. The maximum Gasteiger partial charge on any atom is 0.416 e. The molecule has 1 N–H and O–H groups in total. The van der Waals surface area contributed by atoms with Gasteiger partial charge in [-0.25, -0.2) is 0 Å². The summed E-state index contributed by atoms with van der Waals surface area (Å²) in [4.78, 5) is 12.3. The Bertz CT molecular complexity index is 785. The molecule has 1 atom stereocenters. The van der Waals surface area contributed by atoms with Crippen molar-refractivity contribution in [1.82, 2.24) is 0 Å². The van der Waals surface area contributed by atoms with E-state index >= 15 is 0 Å². The van der Waals surface area contributed by atoms with Crippen LogP contribution in [0.1, 0.15) is 43.4 Å². The predicted octanol–water partition coefficient (Wildman–Crippen LogP) is 5.54. The summed E-state index contributed by atoms with van der Waals surface area (Å²) in [5.74, 6) is 0.302. The first-order valence-electron chi connectivity index (χ1n) is 8.33. The number of carbonyl (C=O) groups is 1. The minimum atomic E-state index is -4.46. The summed E-state index contributed by atoms with van der Waals surface area (Å²) in [6.45, 7) is 7.52. The summed E-state index contributed by atoms with van der Waals surface area (Å²) in [7, 11) is 0. The molecule has 0 aliphatic carbocycles. The molecule has 0 saturated heterocycles. The number of hydrogen-bond acceptors (Lipinski definition) is 2. The van der Waals surface area contributed by atoms with E-state index < -0.39 is 23.8 Å². The summed E-state index contributed by atoms with van der Waals surface area (Å²) >= 11 is 0. The smallest absolute Gasteiger partial charge is 0.416 e. The number of alkyl halides is 3. The maximum absolute atomic E-state index is 12.8. The van der Waals surface area contributed by atoms with E-state index in [-0.39, 0.29) is 11.6 Å². The molecule has 26 heavy (non-hydrogen) atoms. The van der Waals surface area contributed by atoms with Gasteiger partial charge in [-0.15, -0.1) is 0 Å². The van der Waals surface area contributed by atoms with Crippen LogP contribution >= 0.6 is 0 Å². The second kappa shape index (κ2) is 7.81. The molecule has 1 amide bonds. The van der Waals surface area contributed by atoms with Gasteiger partial charge in [0, 0.05) is 5.69 Å². The summed E-state index contributed by atoms with van der Waals surface area (Å²) < 4.78 is 44.1. The molecule has 2 rings (SSSR count). The van der Waals surface area contributed by atoms with E-state index in [4.69, 9.17) is 4.74 Å². The van der Waals surface area contributed by atoms with Crippen LogP contribution in [0.2, 0.25) is 0 Å². The Morgan fingerprint density at radius 1 is 1.08 bits per heavy atom. The van der Waals surface area contributed by atoms with Crippen molar-refractivity contribution in [1.29, 1.82) is 0 Å². The van der Waals surface area contributed by atoms with E-state index in [0.29, 0.717) is 5.75 Å². The number of aryl methyl sites for hydroxylation is 1. The summed E-state index contributed by atoms with van der Waals surface area (Å²) in [6, 6.07) is 10.3. The van der Waals surface area contributed by atoms with Crippen LogP contribution < -0.4 is 10.1 Å². The third kappa shape index (κ3) is 5.00. The number of hydrogen-bond donors (Lipinski definition) is 1. The lowest BCUT2D eigenvalue weighted by Gasteiger charge is -2.19. The van der Waals surface area contributed by atoms with Gasteiger partial charge in [0.2, 0.25) is 0 Å². The quantitative estimate of drug-likeness (QED) is 0.755. The molecule has 140 valence electrons. The molecule has 6 heteroatoms. The van der Waals surface area contributed by atoms with Crippen molar-refractivity contribution in [2.45, 2.75) is 45.9 Å². The maximum atomic E-state index is 12.8. The molecule has 0 spiro atoms. The average Bonchev–Trinajstić information content (AvgIpc) is 2.54. The zero-order valence-corrected chi connectivity index (χ0v) is 15.1. The molecule has 0 aliphatic heterocycles. The lowest BCUT2D eigenvalue weighted by atomic mass is 10.0. The fourth-order valence-electron chi connectivity index (χ4n) is 2.48. The van der Waals surface area contributed by atoms with Gasteiger partial charge in [0.05, 0.1) is 5.56 Å². The SMILES string of the molecule is Cc1ccc(C(C)C)c(OC(C)C(=O)Nc2cccc(C(F)(F)F)c2)c1. The highest BCUT2D eigenvalue weighted by Crippen LogP contribution is 2.31. The van der Waals surface area contributed by atoms with Gasteiger partial charge < -0.3 is 10.1 Å². The second-order valence-corrected chi connectivity index (χ2v) is 6.52. The Morgan fingerprint density at radius 2 is 1.77 bits per heavy atom. The zero-order chi connectivity index (χ0) is 19.5. The lowest BCUT2D eigenvalue weighted by Crippen LogP contribution is -2.30. The lowest BCUT2D eigenvalue weighted by molar-refractivity contribution is -0.137. The van der Waals surface area contributed by atoms with E-state index in [1.165, 1.54) is 12.1 Å². The Labute approximate surface area is 151 Å². The van der Waals surface area contributed by atoms with Crippen molar-refractivity contribution in [3.63, 3.8) is 0 Å². The number of halogens is 3. The van der Waals surface area contributed by atoms with E-state index in [0.717, 1.165) is 23.3 Å². The van der Waals surface area contributed by atoms with Gasteiger partial charge in [-0.3, -0.25) is 4.79 Å². The third-order valence-electron chi connectivity index (χ3n) is 3.92. The van der Waals surface area contributed by atoms with Crippen LogP contribution in [-0.4, -0.2) is 12.0 Å². The topological polar surface area (TPSA) is 38.3 Å². The van der Waals surface area contributed by atoms with Crippen molar-refractivity contribution in [3.05, 3.63) is 59.2 Å². The number of ether oxygens (including phenoxy) is 1. The molecule has 0 fully saturated rings. The van der Waals surface area contributed by atoms with Gasteiger partial charge in [-0.05, 0) is 55.2 Å². The molecule has 0 aliphatic rings. The minimum Gasteiger partial charge on any atom is -0.481 e. The molecule has 2 aromatic rings. The number of amides is 1. The molecule has 0 heterocycles. The second-order valence-electron chi connectivity index (χ2n) is 6.52. The summed E-state index contributed by atoms with van der Waals surface area (Å²) in [6.07, 6.45) is -5.32. The zero-order valence-electron chi connectivity index (χ0n) is 15.1. The molecular weight excluding hydrogens is 343 g/mol. The Morgan fingerprint density at radius 3 is 2.38 bits per heavy atom. The number of carbonyl (C=O) groups excluding carboxylic acids is 1. The van der Waals surface area contributed by atoms with Crippen molar-refractivity contribution in [3.8, 4) is 5.75 Å². The van der Waals surface area contributed by atoms with Crippen molar-refractivity contribution >= 4 is 11.6 Å². The van der Waals surface area contributed by atoms with Crippen molar-refractivity contribution in [2.24, 2.45) is 0 Å². The first-order valence-corrected chi connectivity index (χ1v) is 8.33. The van der Waals surface area contributed by atoms with Gasteiger partial charge in [0.15, 0.2) is 6.10 Å². The van der Waals surface area contributed by atoms with Crippen LogP contribution in [0.3, 0.4) is 0 Å². The molecule has 0 radical (unpaired) electrons. The number of anilines is 1. The molecule has 3 nitrogen and oxygen atoms in total. The normalized spacial score (nSPS) is 12.8. The molecule has 0 aromatic heterocycles. The predicted molar refractivity (Wildman–Crippen MR) is 95.4 cm³/mol. The van der Waals surface area contributed by atoms with Crippen LogP contribution in [0, 0.1) is 6.92 Å². The fourth-order valence-corrected chi connectivity index (χ4v) is 2.48. The van der Waals surface area contributed by atoms with Crippen LogP contribution in [0.25, 0.3) is 0 Å². The average molecular weight is 365 g/mol. The standard InChI is InChI=1S/C20H22F3NO2/c1-12(2)17-9-8-13(3)10-18(17)26-14(4)19(25)24-16-7-5-6-15(11-16)20(21,22)23/h5-12,14H,1-4H3,(H,24,25). The van der Waals surface area contributed by atoms with E-state index in [9.17, 15) is 18.0 Å². The highest BCUT2D eigenvalue weighted by atomic mass is 19.4. The summed E-state index contributed by atoms with van der Waals surface area (Å²) in [5, 5.41) is 2.47. The van der Waals surface area contributed by atoms with E-state index in [1.807, 2.05) is 39.0 Å². The molecule has 1 unspecified atom stereocenters. The fraction of sp³-hybridized carbons (Fsp3) is 0.350. The Balaban J connectivity index is 2.13. The Hall–Kier alpha value is -2.50. The number of benzene rings is 2. The van der Waals surface area contributed by atoms with Crippen LogP contribution in [0.15, 0.2) is 42.5 Å². The largest absolute Gasteiger partial charge is 0.481 e. The molecular formula is C20H22F3NO2. The highest BCUT2D eigenvalue weighted by Gasteiger charge is 2.30. The van der Waals surface area contributed by atoms with Crippen molar-refractivity contribution < 1.29 is 22.7 Å². The number of rotatable bonds is 5. The van der Waals surface area contributed by atoms with Crippen LogP contribution in [0.4, 0.5) is 18.9 Å². The Kier molecular flexibility index (Phi) is 5.95. The molecule has 0 bridgehead atoms. The van der Waals surface area contributed by atoms with Crippen LogP contribution in [-0.2, 0) is 11.0 Å². The first-order chi connectivity index (χ1) is 12.1. The van der Waals surface area contributed by atoms with Crippen LogP contribution in [0.5, 0.6) is 5.75 Å². The van der Waals surface area contributed by atoms with Gasteiger partial charge in [0.1, 0.15) is 5.75 Å². The van der Waals surface area contributed by atoms with Crippen molar-refractivity contribution in [2.75, 3.05) is 5.32 Å². The van der Waals surface area contributed by atoms with Gasteiger partial charge in [-0.2, -0.15) is 13.2 Å². The third-order valence-corrected chi connectivity index (χ3v) is 3.92. The van der Waals surface area contributed by atoms with Gasteiger partial charge in [-0.1, -0.05) is 32.0 Å². The van der Waals surface area contributed by atoms with E-state index in [1.54, 1.807) is 6.92 Å². The molecule has 2 aromatic carbocycles. The number of nitrogens with one attached hydrogen (secondary N) is 1. The minimum absolute atomic E-state index is 0.0774. The summed E-state index contributed by atoms with van der Waals surface area (Å²) in [5.41, 5.74) is 1.22.